The summed E-state index contributed by atoms with van der Waals surface area (Å²) in [5.41, 5.74) is 1.88. The van der Waals surface area contributed by atoms with E-state index in [4.69, 9.17) is 0 Å². The molecule has 1 saturated carbocycles. The average Bonchev–Trinajstić information content (AvgIpc) is 2.69. The minimum atomic E-state index is -0.000652. The van der Waals surface area contributed by atoms with Gasteiger partial charge in [0.1, 0.15) is 0 Å². The fourth-order valence-corrected chi connectivity index (χ4v) is 4.13. The number of hydrogen-bond donors (Lipinski definition) is 2. The molecular weight excluding hydrogens is 338 g/mol. The first-order chi connectivity index (χ1) is 13.1. The van der Waals surface area contributed by atoms with Crippen LogP contribution in [0.3, 0.4) is 0 Å². The lowest BCUT2D eigenvalue weighted by molar-refractivity contribution is 0.0949. The highest BCUT2D eigenvalue weighted by molar-refractivity contribution is 5.94. The number of nitrogens with one attached hydrogen (secondary N) is 2. The molecule has 0 unspecified atom stereocenters. The van der Waals surface area contributed by atoms with E-state index in [-0.39, 0.29) is 11.9 Å². The first kappa shape index (κ1) is 19.7. The number of aryl methyl sites for hydroxylation is 1. The number of rotatable bonds is 5. The summed E-state index contributed by atoms with van der Waals surface area (Å²) < 4.78 is 0. The van der Waals surface area contributed by atoms with Gasteiger partial charge in [-0.1, -0.05) is 37.0 Å². The van der Waals surface area contributed by atoms with Gasteiger partial charge >= 0.3 is 6.03 Å². The van der Waals surface area contributed by atoms with Crippen LogP contribution in [0.4, 0.5) is 4.79 Å². The fourth-order valence-electron chi connectivity index (χ4n) is 4.13. The number of hydrogen-bond acceptors (Lipinski definition) is 2. The maximum absolute atomic E-state index is 12.4. The molecule has 3 rings (SSSR count). The molecule has 1 aromatic rings. The third-order valence-corrected chi connectivity index (χ3v) is 5.99. The van der Waals surface area contributed by atoms with E-state index in [0.29, 0.717) is 18.5 Å². The number of amides is 3. The molecule has 2 fully saturated rings. The van der Waals surface area contributed by atoms with Crippen molar-refractivity contribution in [1.29, 1.82) is 0 Å². The highest BCUT2D eigenvalue weighted by Gasteiger charge is 2.24. The summed E-state index contributed by atoms with van der Waals surface area (Å²) in [7, 11) is 0. The zero-order valence-electron chi connectivity index (χ0n) is 16.5. The highest BCUT2D eigenvalue weighted by atomic mass is 16.2. The van der Waals surface area contributed by atoms with Crippen LogP contribution in [0.15, 0.2) is 24.3 Å². The van der Waals surface area contributed by atoms with Crippen molar-refractivity contribution in [1.82, 2.24) is 15.5 Å². The third kappa shape index (κ3) is 5.98. The number of nitrogens with zero attached hydrogens (tertiary/aromatic N) is 1. The predicted octanol–water partition coefficient (Wildman–Crippen LogP) is 3.87. The monoisotopic (exact) mass is 371 g/mol. The fraction of sp³-hybridized carbons (Fsp3) is 0.636. The number of benzene rings is 1. The van der Waals surface area contributed by atoms with Gasteiger partial charge in [-0.15, -0.1) is 0 Å². The minimum absolute atomic E-state index is 0.000652. The van der Waals surface area contributed by atoms with E-state index in [2.05, 4.69) is 10.6 Å². The quantitative estimate of drug-likeness (QED) is 0.825. The van der Waals surface area contributed by atoms with Gasteiger partial charge in [-0.2, -0.15) is 0 Å². The molecule has 3 amide bonds. The topological polar surface area (TPSA) is 61.4 Å². The number of urea groups is 1. The molecule has 0 bridgehead atoms. The lowest BCUT2D eigenvalue weighted by Gasteiger charge is -2.34. The lowest BCUT2D eigenvalue weighted by atomic mass is 9.93. The molecule has 0 radical (unpaired) electrons. The second kappa shape index (κ2) is 9.77. The van der Waals surface area contributed by atoms with E-state index >= 15 is 0 Å². The first-order valence-electron chi connectivity index (χ1n) is 10.5. The smallest absolute Gasteiger partial charge is 0.317 e. The Labute approximate surface area is 162 Å². The van der Waals surface area contributed by atoms with E-state index in [0.717, 1.165) is 56.3 Å². The van der Waals surface area contributed by atoms with Crippen LogP contribution in [-0.2, 0) is 0 Å². The van der Waals surface area contributed by atoms with Gasteiger partial charge in [-0.05, 0) is 57.1 Å². The minimum Gasteiger partial charge on any atom is -0.352 e. The molecule has 0 aromatic heterocycles. The van der Waals surface area contributed by atoms with Crippen LogP contribution in [0, 0.1) is 12.8 Å². The summed E-state index contributed by atoms with van der Waals surface area (Å²) in [5, 5.41) is 6.24. The van der Waals surface area contributed by atoms with Gasteiger partial charge in [-0.25, -0.2) is 4.79 Å². The first-order valence-corrected chi connectivity index (χ1v) is 10.5. The molecule has 1 heterocycles. The Morgan fingerprint density at radius 1 is 1.00 bits per heavy atom. The second-order valence-corrected chi connectivity index (χ2v) is 8.13. The maximum atomic E-state index is 12.4. The summed E-state index contributed by atoms with van der Waals surface area (Å²) in [6, 6.07) is 8.16. The van der Waals surface area contributed by atoms with Gasteiger partial charge in [0.15, 0.2) is 0 Å². The van der Waals surface area contributed by atoms with Gasteiger partial charge in [0.05, 0.1) is 0 Å². The van der Waals surface area contributed by atoms with E-state index in [1.165, 1.54) is 19.3 Å². The summed E-state index contributed by atoms with van der Waals surface area (Å²) in [4.78, 5) is 26.5. The van der Waals surface area contributed by atoms with Gasteiger partial charge < -0.3 is 15.5 Å². The zero-order valence-corrected chi connectivity index (χ0v) is 16.5. The SMILES string of the molecule is Cc1ccc(C(=O)NCCC2CCN(C(=O)NC3CCCCC3)CC2)cc1. The van der Waals surface area contributed by atoms with Gasteiger partial charge in [0, 0.05) is 31.2 Å². The summed E-state index contributed by atoms with van der Waals surface area (Å²) in [6.07, 6.45) is 9.07. The van der Waals surface area contributed by atoms with Crippen molar-refractivity contribution in [3.05, 3.63) is 35.4 Å². The highest BCUT2D eigenvalue weighted by Crippen LogP contribution is 2.21. The van der Waals surface area contributed by atoms with E-state index in [1.54, 1.807) is 0 Å². The molecule has 1 saturated heterocycles. The van der Waals surface area contributed by atoms with Crippen molar-refractivity contribution < 1.29 is 9.59 Å². The third-order valence-electron chi connectivity index (χ3n) is 5.99. The summed E-state index contributed by atoms with van der Waals surface area (Å²) in [5.74, 6) is 0.585. The Bertz CT molecular complexity index is 615. The van der Waals surface area contributed by atoms with Crippen LogP contribution in [-0.4, -0.2) is 42.5 Å². The predicted molar refractivity (Wildman–Crippen MR) is 108 cm³/mol. The molecule has 1 aliphatic heterocycles. The van der Waals surface area contributed by atoms with E-state index in [1.807, 2.05) is 36.1 Å². The Balaban J connectivity index is 1.32. The van der Waals surface area contributed by atoms with Crippen LogP contribution in [0.25, 0.3) is 0 Å². The van der Waals surface area contributed by atoms with Gasteiger partial charge in [0.25, 0.3) is 5.91 Å². The van der Waals surface area contributed by atoms with Crippen molar-refractivity contribution >= 4 is 11.9 Å². The van der Waals surface area contributed by atoms with Crippen LogP contribution in [0.2, 0.25) is 0 Å². The maximum Gasteiger partial charge on any atom is 0.317 e. The van der Waals surface area contributed by atoms with Gasteiger partial charge in [-0.3, -0.25) is 4.79 Å². The van der Waals surface area contributed by atoms with Crippen molar-refractivity contribution in [2.75, 3.05) is 19.6 Å². The lowest BCUT2D eigenvalue weighted by Crippen LogP contribution is -2.48. The number of carbonyl (C=O) groups excluding carboxylic acids is 2. The summed E-state index contributed by atoms with van der Waals surface area (Å²) >= 11 is 0. The normalized spacial score (nSPS) is 18.9. The molecule has 0 spiro atoms. The molecule has 5 nitrogen and oxygen atoms in total. The molecule has 27 heavy (non-hydrogen) atoms. The van der Waals surface area contributed by atoms with E-state index in [9.17, 15) is 9.59 Å². The molecule has 2 N–H and O–H groups in total. The van der Waals surface area contributed by atoms with Crippen LogP contribution < -0.4 is 10.6 Å². The molecule has 2 aliphatic rings. The number of carbonyl (C=O) groups is 2. The largest absolute Gasteiger partial charge is 0.352 e. The van der Waals surface area contributed by atoms with E-state index < -0.39 is 0 Å². The van der Waals surface area contributed by atoms with Crippen molar-refractivity contribution in [3.8, 4) is 0 Å². The molecule has 1 aromatic carbocycles. The van der Waals surface area contributed by atoms with Crippen LogP contribution in [0.5, 0.6) is 0 Å². The molecule has 0 atom stereocenters. The van der Waals surface area contributed by atoms with Crippen molar-refractivity contribution in [2.24, 2.45) is 5.92 Å². The Morgan fingerprint density at radius 3 is 2.33 bits per heavy atom. The Hall–Kier alpha value is -2.04. The van der Waals surface area contributed by atoms with Crippen LogP contribution in [0.1, 0.15) is 67.3 Å². The molecule has 5 heteroatoms. The Morgan fingerprint density at radius 2 is 1.67 bits per heavy atom. The molecule has 148 valence electrons. The summed E-state index contributed by atoms with van der Waals surface area (Å²) in [6.45, 7) is 4.37. The van der Waals surface area contributed by atoms with Crippen LogP contribution >= 0.6 is 0 Å². The second-order valence-electron chi connectivity index (χ2n) is 8.13. The zero-order chi connectivity index (χ0) is 19.1. The average molecular weight is 372 g/mol. The number of piperidine rings is 1. The standard InChI is InChI=1S/C22H33N3O2/c1-17-7-9-19(10-8-17)21(26)23-14-11-18-12-15-25(16-13-18)22(27)24-20-5-3-2-4-6-20/h7-10,18,20H,2-6,11-16H2,1H3,(H,23,26)(H,24,27). The Kier molecular flexibility index (Phi) is 7.13. The molecular formula is C22H33N3O2. The van der Waals surface area contributed by atoms with Crippen molar-refractivity contribution in [3.63, 3.8) is 0 Å². The number of likely N-dealkylation sites (tertiary alicyclic amines) is 1. The van der Waals surface area contributed by atoms with Gasteiger partial charge in [0.2, 0.25) is 0 Å². The molecule has 1 aliphatic carbocycles. The van der Waals surface area contributed by atoms with Crippen molar-refractivity contribution in [2.45, 2.75) is 64.3 Å².